The molecule has 0 aliphatic carbocycles. The number of thiazole rings is 1. The van der Waals surface area contributed by atoms with Crippen molar-refractivity contribution in [1.82, 2.24) is 4.98 Å². The van der Waals surface area contributed by atoms with Crippen LogP contribution in [0.15, 0.2) is 34.5 Å². The SMILES string of the molecule is CC(=O)Nc1nc(CSc2ccc(CO)cc2)cs1. The molecule has 1 aromatic heterocycles. The highest BCUT2D eigenvalue weighted by Crippen LogP contribution is 2.25. The number of carbonyl (C=O) groups is 1. The Bertz CT molecular complexity index is 552. The lowest BCUT2D eigenvalue weighted by Gasteiger charge is -2.01. The van der Waals surface area contributed by atoms with Gasteiger partial charge in [-0.15, -0.1) is 23.1 Å². The second-order valence-corrected chi connectivity index (χ2v) is 5.82. The van der Waals surface area contributed by atoms with E-state index in [0.29, 0.717) is 5.13 Å². The maximum absolute atomic E-state index is 10.9. The Labute approximate surface area is 119 Å². The van der Waals surface area contributed by atoms with Crippen LogP contribution in [0.3, 0.4) is 0 Å². The molecule has 0 atom stereocenters. The van der Waals surface area contributed by atoms with Gasteiger partial charge >= 0.3 is 0 Å². The lowest BCUT2D eigenvalue weighted by molar-refractivity contribution is -0.114. The van der Waals surface area contributed by atoms with Crippen LogP contribution in [0.4, 0.5) is 5.13 Å². The summed E-state index contributed by atoms with van der Waals surface area (Å²) in [6, 6.07) is 7.78. The zero-order valence-corrected chi connectivity index (χ0v) is 12.1. The molecule has 0 fully saturated rings. The van der Waals surface area contributed by atoms with Crippen LogP contribution < -0.4 is 5.32 Å². The van der Waals surface area contributed by atoms with Gasteiger partial charge in [0, 0.05) is 23.0 Å². The number of rotatable bonds is 5. The number of nitrogens with zero attached hydrogens (tertiary/aromatic N) is 1. The highest BCUT2D eigenvalue weighted by molar-refractivity contribution is 7.98. The Morgan fingerprint density at radius 2 is 2.16 bits per heavy atom. The largest absolute Gasteiger partial charge is 0.392 e. The van der Waals surface area contributed by atoms with Crippen molar-refractivity contribution in [2.75, 3.05) is 5.32 Å². The Morgan fingerprint density at radius 1 is 1.42 bits per heavy atom. The van der Waals surface area contributed by atoms with E-state index in [0.717, 1.165) is 21.9 Å². The van der Waals surface area contributed by atoms with E-state index in [4.69, 9.17) is 5.11 Å². The molecule has 0 aliphatic rings. The fraction of sp³-hybridized carbons (Fsp3) is 0.231. The first-order valence-corrected chi connectivity index (χ1v) is 7.58. The molecule has 0 saturated carbocycles. The van der Waals surface area contributed by atoms with Crippen molar-refractivity contribution in [3.05, 3.63) is 40.9 Å². The van der Waals surface area contributed by atoms with Crippen LogP contribution in [-0.4, -0.2) is 16.0 Å². The number of anilines is 1. The summed E-state index contributed by atoms with van der Waals surface area (Å²) < 4.78 is 0. The summed E-state index contributed by atoms with van der Waals surface area (Å²) in [5.74, 6) is 0.655. The van der Waals surface area contributed by atoms with E-state index in [1.165, 1.54) is 18.3 Å². The summed E-state index contributed by atoms with van der Waals surface area (Å²) in [5.41, 5.74) is 1.86. The first-order valence-electron chi connectivity index (χ1n) is 5.72. The Kier molecular flexibility index (Phi) is 4.95. The number of hydrogen-bond donors (Lipinski definition) is 2. The second kappa shape index (κ2) is 6.70. The first kappa shape index (κ1) is 14.0. The van der Waals surface area contributed by atoms with Gasteiger partial charge in [-0.1, -0.05) is 12.1 Å². The van der Waals surface area contributed by atoms with Crippen LogP contribution in [0.2, 0.25) is 0 Å². The van der Waals surface area contributed by atoms with Crippen LogP contribution >= 0.6 is 23.1 Å². The average molecular weight is 294 g/mol. The molecule has 2 N–H and O–H groups in total. The van der Waals surface area contributed by atoms with Gasteiger partial charge in [-0.25, -0.2) is 4.98 Å². The number of hydrogen-bond acceptors (Lipinski definition) is 5. The van der Waals surface area contributed by atoms with Crippen molar-refractivity contribution in [1.29, 1.82) is 0 Å². The lowest BCUT2D eigenvalue weighted by atomic mass is 10.2. The maximum Gasteiger partial charge on any atom is 0.223 e. The van der Waals surface area contributed by atoms with E-state index < -0.39 is 0 Å². The minimum atomic E-state index is -0.104. The summed E-state index contributed by atoms with van der Waals surface area (Å²) in [5, 5.41) is 14.2. The number of aromatic nitrogens is 1. The predicted octanol–water partition coefficient (Wildman–Crippen LogP) is 2.89. The zero-order valence-electron chi connectivity index (χ0n) is 10.4. The van der Waals surface area contributed by atoms with E-state index >= 15 is 0 Å². The molecule has 0 aliphatic heterocycles. The molecule has 4 nitrogen and oxygen atoms in total. The molecule has 1 aromatic carbocycles. The number of amides is 1. The molecule has 0 saturated heterocycles. The molecule has 0 unspecified atom stereocenters. The number of nitrogens with one attached hydrogen (secondary N) is 1. The van der Waals surface area contributed by atoms with Crippen LogP contribution in [0.1, 0.15) is 18.2 Å². The number of carbonyl (C=O) groups excluding carboxylic acids is 1. The molecular formula is C13H14N2O2S2. The van der Waals surface area contributed by atoms with E-state index in [9.17, 15) is 4.79 Å². The Balaban J connectivity index is 1.90. The smallest absolute Gasteiger partial charge is 0.223 e. The quantitative estimate of drug-likeness (QED) is 0.832. The number of thioether (sulfide) groups is 1. The van der Waals surface area contributed by atoms with Crippen LogP contribution in [0.5, 0.6) is 0 Å². The third-order valence-corrected chi connectivity index (χ3v) is 4.18. The van der Waals surface area contributed by atoms with Crippen molar-refractivity contribution < 1.29 is 9.90 Å². The maximum atomic E-state index is 10.9. The highest BCUT2D eigenvalue weighted by Gasteiger charge is 2.04. The van der Waals surface area contributed by atoms with Crippen LogP contribution in [-0.2, 0) is 17.2 Å². The van der Waals surface area contributed by atoms with Gasteiger partial charge in [0.25, 0.3) is 0 Å². The molecule has 1 amide bonds. The van der Waals surface area contributed by atoms with Gasteiger partial charge in [-0.3, -0.25) is 4.79 Å². The molecular weight excluding hydrogens is 280 g/mol. The zero-order chi connectivity index (χ0) is 13.7. The minimum absolute atomic E-state index is 0.0666. The molecule has 0 radical (unpaired) electrons. The Morgan fingerprint density at radius 3 is 2.79 bits per heavy atom. The monoisotopic (exact) mass is 294 g/mol. The minimum Gasteiger partial charge on any atom is -0.392 e. The number of benzene rings is 1. The summed E-state index contributed by atoms with van der Waals surface area (Å²) >= 11 is 3.10. The molecule has 0 bridgehead atoms. The summed E-state index contributed by atoms with van der Waals surface area (Å²) in [6.45, 7) is 1.54. The van der Waals surface area contributed by atoms with E-state index in [1.54, 1.807) is 11.8 Å². The number of aliphatic hydroxyl groups is 1. The molecule has 2 rings (SSSR count). The molecule has 19 heavy (non-hydrogen) atoms. The van der Waals surface area contributed by atoms with Gasteiger partial charge in [0.1, 0.15) is 0 Å². The summed E-state index contributed by atoms with van der Waals surface area (Å²) in [6.07, 6.45) is 0. The molecule has 0 spiro atoms. The molecule has 2 aromatic rings. The van der Waals surface area contributed by atoms with Gasteiger partial charge in [-0.2, -0.15) is 0 Å². The van der Waals surface area contributed by atoms with Crippen LogP contribution in [0, 0.1) is 0 Å². The lowest BCUT2D eigenvalue weighted by Crippen LogP contribution is -2.05. The van der Waals surface area contributed by atoms with Crippen molar-refractivity contribution in [3.63, 3.8) is 0 Å². The van der Waals surface area contributed by atoms with Crippen molar-refractivity contribution in [3.8, 4) is 0 Å². The molecule has 1 heterocycles. The van der Waals surface area contributed by atoms with Gasteiger partial charge in [0.05, 0.1) is 12.3 Å². The van der Waals surface area contributed by atoms with Gasteiger partial charge in [0.15, 0.2) is 5.13 Å². The molecule has 100 valence electrons. The van der Waals surface area contributed by atoms with Crippen molar-refractivity contribution in [2.24, 2.45) is 0 Å². The highest BCUT2D eigenvalue weighted by atomic mass is 32.2. The van der Waals surface area contributed by atoms with Gasteiger partial charge in [0.2, 0.25) is 5.91 Å². The fourth-order valence-electron chi connectivity index (χ4n) is 1.43. The van der Waals surface area contributed by atoms with E-state index in [1.807, 2.05) is 29.6 Å². The summed E-state index contributed by atoms with van der Waals surface area (Å²) in [4.78, 5) is 16.3. The van der Waals surface area contributed by atoms with Crippen LogP contribution in [0.25, 0.3) is 0 Å². The first-order chi connectivity index (χ1) is 9.17. The average Bonchev–Trinajstić information content (AvgIpc) is 2.84. The topological polar surface area (TPSA) is 62.2 Å². The fourth-order valence-corrected chi connectivity index (χ4v) is 3.08. The molecule has 6 heteroatoms. The van der Waals surface area contributed by atoms with E-state index in [-0.39, 0.29) is 12.5 Å². The van der Waals surface area contributed by atoms with E-state index in [2.05, 4.69) is 10.3 Å². The second-order valence-electron chi connectivity index (χ2n) is 3.92. The third kappa shape index (κ3) is 4.34. The number of aliphatic hydroxyl groups excluding tert-OH is 1. The van der Waals surface area contributed by atoms with Gasteiger partial charge < -0.3 is 10.4 Å². The standard InChI is InChI=1S/C13H14N2O2S2/c1-9(17)14-13-15-11(8-19-13)7-18-12-4-2-10(6-16)3-5-12/h2-5,8,16H,6-7H2,1H3,(H,14,15,17). The Hall–Kier alpha value is -1.37. The van der Waals surface area contributed by atoms with Crippen molar-refractivity contribution >= 4 is 34.1 Å². The van der Waals surface area contributed by atoms with Gasteiger partial charge in [-0.05, 0) is 17.7 Å². The third-order valence-electron chi connectivity index (χ3n) is 2.33. The predicted molar refractivity (Wildman–Crippen MR) is 78.3 cm³/mol. The normalized spacial score (nSPS) is 10.4. The summed E-state index contributed by atoms with van der Waals surface area (Å²) in [7, 11) is 0. The van der Waals surface area contributed by atoms with Crippen molar-refractivity contribution in [2.45, 2.75) is 24.2 Å².